The van der Waals surface area contributed by atoms with Crippen molar-refractivity contribution in [1.82, 2.24) is 10.6 Å². The maximum absolute atomic E-state index is 13.3. The largest absolute Gasteiger partial charge is 0.490 e. The second-order valence-corrected chi connectivity index (χ2v) is 13.3. The van der Waals surface area contributed by atoms with Gasteiger partial charge in [0.25, 0.3) is 11.8 Å². The summed E-state index contributed by atoms with van der Waals surface area (Å²) in [6.07, 6.45) is -2.00. The van der Waals surface area contributed by atoms with Crippen molar-refractivity contribution < 1.29 is 77.7 Å². The first-order chi connectivity index (χ1) is 30.8. The molecule has 4 rings (SSSR count). The van der Waals surface area contributed by atoms with Crippen LogP contribution in [0, 0.1) is 0 Å². The fourth-order valence-electron chi connectivity index (χ4n) is 5.37. The van der Waals surface area contributed by atoms with Gasteiger partial charge in [-0.1, -0.05) is 0 Å². The minimum absolute atomic E-state index is 0.0260. The van der Waals surface area contributed by atoms with Gasteiger partial charge in [-0.3, -0.25) is 19.2 Å². The van der Waals surface area contributed by atoms with Crippen LogP contribution in [-0.4, -0.2) is 105 Å². The highest BCUT2D eigenvalue weighted by Gasteiger charge is 2.26. The summed E-state index contributed by atoms with van der Waals surface area (Å²) in [5.74, 6) is -11.1. The standard InChI is InChI=1S/C41H40N8O16/c42-40(43)46-24-5-1-20(2-6-24)38(60)64-28-15-22(34(54)48-30(36(56)57)9-10-32(50)51)13-26(17-28)62-11-12-63-27-14-23(35(55)49-31(37(58)59)19-33(52)53)16-29(18-27)65-39(61)21-3-7-25(8-4-21)47-41(44)45/h1-8,13-18,30-31H,9-12,19H2,(H,48,54)(H,49,55)(H,50,51)(H,52,53)(H,56,57)(H,58,59)(H4,42,43,46)(H4,44,45,47)/t30-,31?/m1/s1. The van der Waals surface area contributed by atoms with Crippen LogP contribution in [0.3, 0.4) is 0 Å². The van der Waals surface area contributed by atoms with Crippen molar-refractivity contribution in [2.75, 3.05) is 13.2 Å². The van der Waals surface area contributed by atoms with Crippen molar-refractivity contribution >= 4 is 70.9 Å². The Morgan fingerprint density at radius 3 is 1.25 bits per heavy atom. The smallest absolute Gasteiger partial charge is 0.343 e. The topological polar surface area (TPSA) is 407 Å². The van der Waals surface area contributed by atoms with Gasteiger partial charge < -0.3 is 72.9 Å². The van der Waals surface area contributed by atoms with E-state index in [2.05, 4.69) is 20.6 Å². The molecule has 0 aromatic heterocycles. The molecule has 0 aliphatic heterocycles. The highest BCUT2D eigenvalue weighted by atomic mass is 16.5. The van der Waals surface area contributed by atoms with E-state index < -0.39 is 79.0 Å². The molecule has 0 saturated carbocycles. The molecule has 24 nitrogen and oxygen atoms in total. The number of carboxylic acid groups (broad SMARTS) is 4. The van der Waals surface area contributed by atoms with Crippen LogP contribution in [0.4, 0.5) is 11.4 Å². The monoisotopic (exact) mass is 900 g/mol. The van der Waals surface area contributed by atoms with Gasteiger partial charge in [-0.2, -0.15) is 0 Å². The van der Waals surface area contributed by atoms with Gasteiger partial charge in [-0.15, -0.1) is 0 Å². The molecule has 4 aromatic carbocycles. The number of aliphatic carboxylic acids is 4. The summed E-state index contributed by atoms with van der Waals surface area (Å²) in [5.41, 5.74) is 21.7. The Balaban J connectivity index is 1.59. The van der Waals surface area contributed by atoms with Crippen molar-refractivity contribution in [2.45, 2.75) is 31.3 Å². The second kappa shape index (κ2) is 22.6. The molecule has 0 spiro atoms. The lowest BCUT2D eigenvalue weighted by molar-refractivity contribution is -0.145. The third kappa shape index (κ3) is 15.6. The number of guanidine groups is 2. The van der Waals surface area contributed by atoms with E-state index in [1.54, 1.807) is 0 Å². The number of hydrogen-bond donors (Lipinski definition) is 10. The molecule has 1 unspecified atom stereocenters. The number of rotatable bonds is 22. The second-order valence-electron chi connectivity index (χ2n) is 13.3. The third-order valence-electron chi connectivity index (χ3n) is 8.28. The number of ether oxygens (including phenoxy) is 4. The van der Waals surface area contributed by atoms with Crippen molar-refractivity contribution in [2.24, 2.45) is 32.9 Å². The van der Waals surface area contributed by atoms with E-state index in [4.69, 9.17) is 52.1 Å². The van der Waals surface area contributed by atoms with E-state index in [-0.39, 0.29) is 70.4 Å². The highest BCUT2D eigenvalue weighted by molar-refractivity contribution is 5.99. The number of carbonyl (C=O) groups is 8. The summed E-state index contributed by atoms with van der Waals surface area (Å²) in [4.78, 5) is 106. The average molecular weight is 901 g/mol. The first kappa shape index (κ1) is 48.4. The summed E-state index contributed by atoms with van der Waals surface area (Å²) in [6, 6.07) is 14.5. The van der Waals surface area contributed by atoms with Gasteiger partial charge in [0.1, 0.15) is 48.3 Å². The molecule has 65 heavy (non-hydrogen) atoms. The third-order valence-corrected chi connectivity index (χ3v) is 8.28. The Labute approximate surface area is 366 Å². The number of amides is 2. The lowest BCUT2D eigenvalue weighted by Crippen LogP contribution is -2.42. The average Bonchev–Trinajstić information content (AvgIpc) is 3.23. The molecule has 0 heterocycles. The SMILES string of the molecule is NC(N)=Nc1ccc(C(=O)Oc2cc(OCCOc3cc(OC(=O)c4ccc(N=C(N)N)cc4)cc(C(=O)N[C@H](CCC(=O)O)C(=O)O)c3)cc(C(=O)NC(CC(=O)O)C(=O)O)c2)cc1. The number of nitrogens with zero attached hydrogens (tertiary/aromatic N) is 2. The van der Waals surface area contributed by atoms with Crippen LogP contribution in [0.1, 0.15) is 60.7 Å². The van der Waals surface area contributed by atoms with Gasteiger partial charge in [0.15, 0.2) is 11.9 Å². The van der Waals surface area contributed by atoms with E-state index >= 15 is 0 Å². The number of carboxylic acids is 4. The van der Waals surface area contributed by atoms with Gasteiger partial charge in [0.2, 0.25) is 0 Å². The van der Waals surface area contributed by atoms with Gasteiger partial charge >= 0.3 is 35.8 Å². The van der Waals surface area contributed by atoms with Crippen LogP contribution in [0.2, 0.25) is 0 Å². The van der Waals surface area contributed by atoms with Crippen molar-refractivity contribution in [3.05, 3.63) is 107 Å². The molecule has 2 amide bonds. The molecule has 0 radical (unpaired) electrons. The molecule has 0 aliphatic rings. The summed E-state index contributed by atoms with van der Waals surface area (Å²) in [5, 5.41) is 41.5. The van der Waals surface area contributed by atoms with Gasteiger partial charge in [-0.25, -0.2) is 29.2 Å². The van der Waals surface area contributed by atoms with Gasteiger partial charge in [0, 0.05) is 29.7 Å². The molecule has 0 aliphatic carbocycles. The van der Waals surface area contributed by atoms with Gasteiger partial charge in [-0.05, 0) is 79.2 Å². The molecule has 24 heteroatoms. The zero-order valence-electron chi connectivity index (χ0n) is 33.7. The number of carbonyl (C=O) groups excluding carboxylic acids is 4. The predicted octanol–water partition coefficient (Wildman–Crippen LogP) is 1.10. The molecular formula is C41H40N8O16. The summed E-state index contributed by atoms with van der Waals surface area (Å²) in [7, 11) is 0. The van der Waals surface area contributed by atoms with Crippen LogP contribution in [0.25, 0.3) is 0 Å². The number of nitrogens with two attached hydrogens (primary N) is 4. The zero-order valence-corrected chi connectivity index (χ0v) is 33.7. The quantitative estimate of drug-likeness (QED) is 0.0173. The number of aliphatic imine (C=N–C) groups is 2. The Morgan fingerprint density at radius 1 is 0.508 bits per heavy atom. The molecule has 0 fully saturated rings. The lowest BCUT2D eigenvalue weighted by Gasteiger charge is -2.16. The predicted molar refractivity (Wildman–Crippen MR) is 225 cm³/mol. The van der Waals surface area contributed by atoms with E-state index in [9.17, 15) is 48.6 Å². The minimum Gasteiger partial charge on any atom is -0.490 e. The molecule has 0 bridgehead atoms. The normalized spacial score (nSPS) is 11.3. The Hall–Kier alpha value is -9.22. The molecule has 0 saturated heterocycles. The number of hydrogen-bond acceptors (Lipinski definition) is 14. The number of nitrogens with one attached hydrogen (secondary N) is 2. The zero-order chi connectivity index (χ0) is 47.8. The molecule has 4 aromatic rings. The summed E-state index contributed by atoms with van der Waals surface area (Å²) >= 11 is 0. The van der Waals surface area contributed by atoms with Crippen LogP contribution in [0.5, 0.6) is 23.0 Å². The summed E-state index contributed by atoms with van der Waals surface area (Å²) in [6.45, 7) is -0.681. The molecule has 340 valence electrons. The van der Waals surface area contributed by atoms with Crippen LogP contribution in [-0.2, 0) is 19.2 Å². The van der Waals surface area contributed by atoms with Crippen molar-refractivity contribution in [3.63, 3.8) is 0 Å². The van der Waals surface area contributed by atoms with E-state index in [1.807, 2.05) is 0 Å². The first-order valence-corrected chi connectivity index (χ1v) is 18.7. The van der Waals surface area contributed by atoms with E-state index in [0.29, 0.717) is 11.4 Å². The lowest BCUT2D eigenvalue weighted by atomic mass is 10.1. The van der Waals surface area contributed by atoms with Crippen LogP contribution >= 0.6 is 0 Å². The van der Waals surface area contributed by atoms with E-state index in [1.165, 1.54) is 60.7 Å². The Morgan fingerprint density at radius 2 is 0.892 bits per heavy atom. The maximum Gasteiger partial charge on any atom is 0.343 e. The van der Waals surface area contributed by atoms with Crippen molar-refractivity contribution in [3.8, 4) is 23.0 Å². The summed E-state index contributed by atoms with van der Waals surface area (Å²) < 4.78 is 22.5. The molecule has 2 atom stereocenters. The van der Waals surface area contributed by atoms with Crippen molar-refractivity contribution in [1.29, 1.82) is 0 Å². The number of benzene rings is 4. The minimum atomic E-state index is -1.84. The van der Waals surface area contributed by atoms with Crippen LogP contribution in [0.15, 0.2) is 94.9 Å². The first-order valence-electron chi connectivity index (χ1n) is 18.7. The fraction of sp³-hybridized carbons (Fsp3) is 0.171. The molecule has 14 N–H and O–H groups in total. The van der Waals surface area contributed by atoms with Gasteiger partial charge in [0.05, 0.1) is 28.9 Å². The number of esters is 2. The fourth-order valence-corrected chi connectivity index (χ4v) is 5.37. The molecular weight excluding hydrogens is 860 g/mol. The Kier molecular flexibility index (Phi) is 16.8. The maximum atomic E-state index is 13.3. The van der Waals surface area contributed by atoms with E-state index in [0.717, 1.165) is 24.3 Å². The van der Waals surface area contributed by atoms with Crippen LogP contribution < -0.4 is 52.5 Å². The highest BCUT2D eigenvalue weighted by Crippen LogP contribution is 2.27. The Bertz CT molecular complexity index is 2520.